The third-order valence-electron chi connectivity index (χ3n) is 2.28. The minimum Gasteiger partial charge on any atom is -0.468 e. The van der Waals surface area contributed by atoms with Crippen LogP contribution >= 0.6 is 0 Å². The lowest BCUT2D eigenvalue weighted by Crippen LogP contribution is -2.31. The van der Waals surface area contributed by atoms with Crippen molar-refractivity contribution in [2.75, 3.05) is 6.61 Å². The molecule has 1 heterocycles. The smallest absolute Gasteiger partial charge is 0.307 e. The van der Waals surface area contributed by atoms with Crippen LogP contribution in [0.2, 0.25) is 0 Å². The van der Waals surface area contributed by atoms with Crippen molar-refractivity contribution in [3.8, 4) is 0 Å². The summed E-state index contributed by atoms with van der Waals surface area (Å²) in [6, 6.07) is 3.93. The minimum atomic E-state index is -0.172. The van der Waals surface area contributed by atoms with Gasteiger partial charge in [-0.1, -0.05) is 0 Å². The van der Waals surface area contributed by atoms with E-state index in [0.717, 1.165) is 5.76 Å². The van der Waals surface area contributed by atoms with E-state index >= 15 is 0 Å². The van der Waals surface area contributed by atoms with Crippen LogP contribution < -0.4 is 5.32 Å². The lowest BCUT2D eigenvalue weighted by atomic mass is 10.2. The minimum absolute atomic E-state index is 0.0687. The van der Waals surface area contributed by atoms with Crippen LogP contribution in [0.3, 0.4) is 0 Å². The van der Waals surface area contributed by atoms with Crippen LogP contribution in [0.25, 0.3) is 0 Å². The van der Waals surface area contributed by atoms with Gasteiger partial charge in [-0.15, -0.1) is 0 Å². The van der Waals surface area contributed by atoms with E-state index < -0.39 is 0 Å². The molecule has 4 nitrogen and oxygen atoms in total. The van der Waals surface area contributed by atoms with Gasteiger partial charge in [0.25, 0.3) is 0 Å². The number of furan rings is 1. The van der Waals surface area contributed by atoms with Crippen LogP contribution in [-0.4, -0.2) is 18.6 Å². The third-order valence-corrected chi connectivity index (χ3v) is 2.28. The maximum Gasteiger partial charge on any atom is 0.307 e. The predicted octanol–water partition coefficient (Wildman–Crippen LogP) is 2.27. The van der Waals surface area contributed by atoms with Crippen LogP contribution in [0, 0.1) is 0 Å². The van der Waals surface area contributed by atoms with Gasteiger partial charge in [-0.25, -0.2) is 0 Å². The molecule has 90 valence electrons. The molecule has 2 unspecified atom stereocenters. The van der Waals surface area contributed by atoms with Gasteiger partial charge in [0.1, 0.15) is 5.76 Å². The van der Waals surface area contributed by atoms with Gasteiger partial charge in [-0.3, -0.25) is 4.79 Å². The monoisotopic (exact) mass is 225 g/mol. The second-order valence-electron chi connectivity index (χ2n) is 3.81. The average molecular weight is 225 g/mol. The largest absolute Gasteiger partial charge is 0.468 e. The predicted molar refractivity (Wildman–Crippen MR) is 61.0 cm³/mol. The fourth-order valence-electron chi connectivity index (χ4n) is 1.58. The van der Waals surface area contributed by atoms with Crippen LogP contribution in [0.1, 0.15) is 39.0 Å². The highest BCUT2D eigenvalue weighted by Gasteiger charge is 2.14. The molecule has 0 aromatic carbocycles. The van der Waals surface area contributed by atoms with Crippen molar-refractivity contribution < 1.29 is 13.9 Å². The van der Waals surface area contributed by atoms with E-state index in [-0.39, 0.29) is 18.1 Å². The molecule has 1 N–H and O–H groups in total. The summed E-state index contributed by atoms with van der Waals surface area (Å²) >= 11 is 0. The lowest BCUT2D eigenvalue weighted by molar-refractivity contribution is -0.143. The Kier molecular flexibility index (Phi) is 5.05. The topological polar surface area (TPSA) is 51.5 Å². The van der Waals surface area contributed by atoms with Crippen molar-refractivity contribution in [2.45, 2.75) is 39.3 Å². The van der Waals surface area contributed by atoms with Crippen molar-refractivity contribution in [1.29, 1.82) is 0 Å². The van der Waals surface area contributed by atoms with Gasteiger partial charge >= 0.3 is 5.97 Å². The molecule has 0 saturated heterocycles. The van der Waals surface area contributed by atoms with Crippen molar-refractivity contribution >= 4 is 5.97 Å². The van der Waals surface area contributed by atoms with Gasteiger partial charge in [-0.2, -0.15) is 0 Å². The molecule has 0 bridgehead atoms. The zero-order chi connectivity index (χ0) is 12.0. The normalized spacial score (nSPS) is 14.4. The van der Waals surface area contributed by atoms with Gasteiger partial charge in [0.2, 0.25) is 0 Å². The summed E-state index contributed by atoms with van der Waals surface area (Å²) in [7, 11) is 0. The maximum atomic E-state index is 11.2. The van der Waals surface area contributed by atoms with Crippen molar-refractivity contribution in [3.63, 3.8) is 0 Å². The number of nitrogens with one attached hydrogen (secondary N) is 1. The van der Waals surface area contributed by atoms with E-state index in [1.165, 1.54) is 0 Å². The van der Waals surface area contributed by atoms with Crippen molar-refractivity contribution in [1.82, 2.24) is 5.32 Å². The van der Waals surface area contributed by atoms with Gasteiger partial charge in [-0.05, 0) is 32.9 Å². The summed E-state index contributed by atoms with van der Waals surface area (Å²) in [6.45, 7) is 6.19. The Balaban J connectivity index is 2.34. The summed E-state index contributed by atoms with van der Waals surface area (Å²) in [5.41, 5.74) is 0. The summed E-state index contributed by atoms with van der Waals surface area (Å²) in [6.07, 6.45) is 2.02. The molecule has 0 radical (unpaired) electrons. The Hall–Kier alpha value is -1.29. The number of carbonyl (C=O) groups is 1. The van der Waals surface area contributed by atoms with E-state index in [1.54, 1.807) is 6.26 Å². The molecule has 1 aromatic heterocycles. The Morgan fingerprint density at radius 2 is 2.31 bits per heavy atom. The van der Waals surface area contributed by atoms with Crippen molar-refractivity contribution in [2.24, 2.45) is 0 Å². The first kappa shape index (κ1) is 12.8. The van der Waals surface area contributed by atoms with Crippen LogP contribution in [0.15, 0.2) is 22.8 Å². The first-order valence-electron chi connectivity index (χ1n) is 5.58. The average Bonchev–Trinajstić information content (AvgIpc) is 2.69. The summed E-state index contributed by atoms with van der Waals surface area (Å²) in [5, 5.41) is 3.28. The van der Waals surface area contributed by atoms with E-state index in [2.05, 4.69) is 5.32 Å². The zero-order valence-corrected chi connectivity index (χ0v) is 10.0. The Bertz CT molecular complexity index is 308. The van der Waals surface area contributed by atoms with Gasteiger partial charge in [0.05, 0.1) is 25.3 Å². The number of hydrogen-bond donors (Lipinski definition) is 1. The van der Waals surface area contributed by atoms with Gasteiger partial charge in [0, 0.05) is 6.04 Å². The Morgan fingerprint density at radius 1 is 1.56 bits per heavy atom. The number of esters is 1. The van der Waals surface area contributed by atoms with Crippen molar-refractivity contribution in [3.05, 3.63) is 24.2 Å². The Labute approximate surface area is 96.0 Å². The van der Waals surface area contributed by atoms with E-state index in [0.29, 0.717) is 13.0 Å². The Morgan fingerprint density at radius 3 is 2.88 bits per heavy atom. The molecule has 0 aliphatic heterocycles. The first-order chi connectivity index (χ1) is 7.63. The van der Waals surface area contributed by atoms with Crippen LogP contribution in [0.5, 0.6) is 0 Å². The molecule has 1 rings (SSSR count). The molecule has 0 saturated carbocycles. The van der Waals surface area contributed by atoms with Gasteiger partial charge in [0.15, 0.2) is 0 Å². The SMILES string of the molecule is CCOC(=O)CC(C)NC(C)c1ccco1. The second-order valence-corrected chi connectivity index (χ2v) is 3.81. The van der Waals surface area contributed by atoms with E-state index in [9.17, 15) is 4.79 Å². The molecular weight excluding hydrogens is 206 g/mol. The fraction of sp³-hybridized carbons (Fsp3) is 0.583. The maximum absolute atomic E-state index is 11.2. The molecule has 0 aliphatic carbocycles. The lowest BCUT2D eigenvalue weighted by Gasteiger charge is -2.17. The van der Waals surface area contributed by atoms with E-state index in [1.807, 2.05) is 32.9 Å². The number of hydrogen-bond acceptors (Lipinski definition) is 4. The highest BCUT2D eigenvalue weighted by molar-refractivity contribution is 5.70. The number of carbonyl (C=O) groups excluding carboxylic acids is 1. The van der Waals surface area contributed by atoms with Gasteiger partial charge < -0.3 is 14.5 Å². The molecule has 1 aromatic rings. The number of ether oxygens (including phenoxy) is 1. The summed E-state index contributed by atoms with van der Waals surface area (Å²) < 4.78 is 10.2. The standard InChI is InChI=1S/C12H19NO3/c1-4-15-12(14)8-9(2)13-10(3)11-6-5-7-16-11/h5-7,9-10,13H,4,8H2,1-3H3. The highest BCUT2D eigenvalue weighted by atomic mass is 16.5. The highest BCUT2D eigenvalue weighted by Crippen LogP contribution is 2.13. The summed E-state index contributed by atoms with van der Waals surface area (Å²) in [5.74, 6) is 0.699. The van der Waals surface area contributed by atoms with E-state index in [4.69, 9.17) is 9.15 Å². The molecule has 0 fully saturated rings. The molecule has 4 heteroatoms. The molecular formula is C12H19NO3. The summed E-state index contributed by atoms with van der Waals surface area (Å²) in [4.78, 5) is 11.2. The zero-order valence-electron chi connectivity index (χ0n) is 10.0. The quantitative estimate of drug-likeness (QED) is 0.754. The fourth-order valence-corrected chi connectivity index (χ4v) is 1.58. The number of rotatable bonds is 6. The molecule has 16 heavy (non-hydrogen) atoms. The first-order valence-corrected chi connectivity index (χ1v) is 5.58. The molecule has 0 spiro atoms. The molecule has 0 amide bonds. The second kappa shape index (κ2) is 6.33. The third kappa shape index (κ3) is 4.06. The molecule has 0 aliphatic rings. The van der Waals surface area contributed by atoms with Crippen LogP contribution in [0.4, 0.5) is 0 Å². The molecule has 2 atom stereocenters. The van der Waals surface area contributed by atoms with Crippen LogP contribution in [-0.2, 0) is 9.53 Å².